The van der Waals surface area contributed by atoms with Crippen molar-refractivity contribution in [2.75, 3.05) is 7.11 Å². The molecule has 0 radical (unpaired) electrons. The molecule has 0 aromatic heterocycles. The van der Waals surface area contributed by atoms with Crippen molar-refractivity contribution in [3.05, 3.63) is 0 Å². The zero-order valence-corrected chi connectivity index (χ0v) is 6.74. The first-order chi connectivity index (χ1) is 5.65. The van der Waals surface area contributed by atoms with E-state index >= 15 is 0 Å². The Morgan fingerprint density at radius 2 is 2.42 bits per heavy atom. The van der Waals surface area contributed by atoms with Gasteiger partial charge < -0.3 is 15.2 Å². The number of nitrogens with one attached hydrogen (secondary N) is 1. The van der Waals surface area contributed by atoms with Crippen LogP contribution in [-0.4, -0.2) is 36.2 Å². The van der Waals surface area contributed by atoms with E-state index in [-0.39, 0.29) is 12.3 Å². The van der Waals surface area contributed by atoms with Gasteiger partial charge in [0.05, 0.1) is 13.2 Å². The second kappa shape index (κ2) is 3.53. The number of piperidine rings is 1. The van der Waals surface area contributed by atoms with Gasteiger partial charge in [-0.2, -0.15) is 0 Å². The van der Waals surface area contributed by atoms with Crippen molar-refractivity contribution in [3.8, 4) is 0 Å². The Morgan fingerprint density at radius 3 is 3.00 bits per heavy atom. The van der Waals surface area contributed by atoms with Crippen molar-refractivity contribution in [1.82, 2.24) is 5.32 Å². The Labute approximate surface area is 69.7 Å². The third-order valence-electron chi connectivity index (χ3n) is 1.82. The molecule has 1 heterocycles. The number of hydrogen-bond acceptors (Lipinski definition) is 4. The molecule has 0 aliphatic carbocycles. The maximum atomic E-state index is 10.9. The van der Waals surface area contributed by atoms with Gasteiger partial charge in [0, 0.05) is 6.42 Å². The smallest absolute Gasteiger partial charge is 0.331 e. The average Bonchev–Trinajstić information content (AvgIpc) is 2.08. The number of rotatable bonds is 1. The van der Waals surface area contributed by atoms with E-state index < -0.39 is 18.1 Å². The summed E-state index contributed by atoms with van der Waals surface area (Å²) in [6.07, 6.45) is -0.254. The van der Waals surface area contributed by atoms with Crippen LogP contribution < -0.4 is 5.32 Å². The molecule has 1 aliphatic heterocycles. The second-order valence-electron chi connectivity index (χ2n) is 2.67. The first-order valence-electron chi connectivity index (χ1n) is 3.70. The lowest BCUT2D eigenvalue weighted by atomic mass is 10.0. The second-order valence-corrected chi connectivity index (χ2v) is 2.67. The van der Waals surface area contributed by atoms with E-state index in [9.17, 15) is 14.7 Å². The SMILES string of the molecule is COC(=O)C1NC(=O)CCC1O. The van der Waals surface area contributed by atoms with E-state index in [4.69, 9.17) is 0 Å². The Balaban J connectivity index is 2.60. The summed E-state index contributed by atoms with van der Waals surface area (Å²) < 4.78 is 4.39. The van der Waals surface area contributed by atoms with Gasteiger partial charge in [-0.15, -0.1) is 0 Å². The first kappa shape index (κ1) is 8.99. The van der Waals surface area contributed by atoms with Gasteiger partial charge in [-0.25, -0.2) is 4.79 Å². The molecule has 2 N–H and O–H groups in total. The van der Waals surface area contributed by atoms with Gasteiger partial charge in [0.1, 0.15) is 0 Å². The van der Waals surface area contributed by atoms with Gasteiger partial charge in [-0.3, -0.25) is 4.79 Å². The Kier molecular flexibility index (Phi) is 2.65. The normalized spacial score (nSPS) is 29.3. The van der Waals surface area contributed by atoms with Gasteiger partial charge >= 0.3 is 5.97 Å². The molecule has 1 saturated heterocycles. The van der Waals surface area contributed by atoms with E-state index in [0.29, 0.717) is 6.42 Å². The zero-order valence-electron chi connectivity index (χ0n) is 6.74. The summed E-state index contributed by atoms with van der Waals surface area (Å²) in [4.78, 5) is 21.7. The molecule has 0 bridgehead atoms. The van der Waals surface area contributed by atoms with Gasteiger partial charge in [0.2, 0.25) is 5.91 Å². The highest BCUT2D eigenvalue weighted by Crippen LogP contribution is 2.10. The summed E-state index contributed by atoms with van der Waals surface area (Å²) in [7, 11) is 1.22. The number of carbonyl (C=O) groups is 2. The van der Waals surface area contributed by atoms with E-state index in [1.807, 2.05) is 0 Å². The third-order valence-corrected chi connectivity index (χ3v) is 1.82. The largest absolute Gasteiger partial charge is 0.467 e. The number of aliphatic hydroxyl groups is 1. The predicted molar refractivity (Wildman–Crippen MR) is 39.2 cm³/mol. The molecule has 1 amide bonds. The zero-order chi connectivity index (χ0) is 9.14. The Hall–Kier alpha value is -1.10. The maximum Gasteiger partial charge on any atom is 0.331 e. The van der Waals surface area contributed by atoms with Crippen LogP contribution in [0, 0.1) is 0 Å². The molecular formula is C7H11NO4. The number of aliphatic hydroxyl groups excluding tert-OH is 1. The summed E-state index contributed by atoms with van der Waals surface area (Å²) >= 11 is 0. The number of hydrogen-bond donors (Lipinski definition) is 2. The van der Waals surface area contributed by atoms with Crippen LogP contribution in [0.4, 0.5) is 0 Å². The molecule has 5 heteroatoms. The summed E-state index contributed by atoms with van der Waals surface area (Å²) in [6, 6.07) is -0.892. The number of ether oxygens (including phenoxy) is 1. The van der Waals surface area contributed by atoms with Crippen LogP contribution in [0.2, 0.25) is 0 Å². The number of esters is 1. The molecule has 5 nitrogen and oxygen atoms in total. The maximum absolute atomic E-state index is 10.9. The minimum atomic E-state index is -0.892. The van der Waals surface area contributed by atoms with E-state index in [1.54, 1.807) is 0 Å². The van der Waals surface area contributed by atoms with Crippen molar-refractivity contribution >= 4 is 11.9 Å². The molecule has 2 unspecified atom stereocenters. The fourth-order valence-corrected chi connectivity index (χ4v) is 1.13. The molecule has 0 saturated carbocycles. The molecular weight excluding hydrogens is 162 g/mol. The van der Waals surface area contributed by atoms with E-state index in [0.717, 1.165) is 0 Å². The highest BCUT2D eigenvalue weighted by Gasteiger charge is 2.33. The lowest BCUT2D eigenvalue weighted by Gasteiger charge is -2.25. The standard InChI is InChI=1S/C7H11NO4/c1-12-7(11)6-4(9)2-3-5(10)8-6/h4,6,9H,2-3H2,1H3,(H,8,10). The summed E-state index contributed by atoms with van der Waals surface area (Å²) in [5.74, 6) is -0.828. The monoisotopic (exact) mass is 173 g/mol. The van der Waals surface area contributed by atoms with Crippen LogP contribution in [-0.2, 0) is 14.3 Å². The van der Waals surface area contributed by atoms with Crippen LogP contribution >= 0.6 is 0 Å². The Morgan fingerprint density at radius 1 is 1.75 bits per heavy atom. The molecule has 1 rings (SSSR count). The molecule has 1 aliphatic rings. The molecule has 12 heavy (non-hydrogen) atoms. The Bertz CT molecular complexity index is 204. The van der Waals surface area contributed by atoms with Crippen molar-refractivity contribution in [2.45, 2.75) is 25.0 Å². The molecule has 0 aromatic carbocycles. The highest BCUT2D eigenvalue weighted by molar-refractivity contribution is 5.86. The summed E-state index contributed by atoms with van der Waals surface area (Å²) in [6.45, 7) is 0. The topological polar surface area (TPSA) is 75.6 Å². The predicted octanol–water partition coefficient (Wildman–Crippen LogP) is -1.20. The fourth-order valence-electron chi connectivity index (χ4n) is 1.13. The lowest BCUT2D eigenvalue weighted by molar-refractivity contribution is -0.150. The average molecular weight is 173 g/mol. The number of methoxy groups -OCH3 is 1. The van der Waals surface area contributed by atoms with E-state index in [1.165, 1.54) is 7.11 Å². The first-order valence-corrected chi connectivity index (χ1v) is 3.70. The number of amides is 1. The fraction of sp³-hybridized carbons (Fsp3) is 0.714. The molecule has 2 atom stereocenters. The lowest BCUT2D eigenvalue weighted by Crippen LogP contribution is -2.52. The van der Waals surface area contributed by atoms with Gasteiger partial charge in [0.15, 0.2) is 6.04 Å². The minimum Gasteiger partial charge on any atom is -0.467 e. The quantitative estimate of drug-likeness (QED) is 0.488. The van der Waals surface area contributed by atoms with E-state index in [2.05, 4.69) is 10.1 Å². The molecule has 1 fully saturated rings. The summed E-state index contributed by atoms with van der Waals surface area (Å²) in [5.41, 5.74) is 0. The van der Waals surface area contributed by atoms with Crippen molar-refractivity contribution < 1.29 is 19.4 Å². The van der Waals surface area contributed by atoms with Crippen molar-refractivity contribution in [3.63, 3.8) is 0 Å². The van der Waals surface area contributed by atoms with Crippen LogP contribution in [0.5, 0.6) is 0 Å². The van der Waals surface area contributed by atoms with Gasteiger partial charge in [-0.1, -0.05) is 0 Å². The van der Waals surface area contributed by atoms with Crippen molar-refractivity contribution in [1.29, 1.82) is 0 Å². The van der Waals surface area contributed by atoms with Crippen molar-refractivity contribution in [2.24, 2.45) is 0 Å². The highest BCUT2D eigenvalue weighted by atomic mass is 16.5. The van der Waals surface area contributed by atoms with Crippen LogP contribution in [0.25, 0.3) is 0 Å². The van der Waals surface area contributed by atoms with Crippen LogP contribution in [0.3, 0.4) is 0 Å². The molecule has 0 spiro atoms. The van der Waals surface area contributed by atoms with Gasteiger partial charge in [0.25, 0.3) is 0 Å². The third kappa shape index (κ3) is 1.73. The number of carbonyl (C=O) groups excluding carboxylic acids is 2. The van der Waals surface area contributed by atoms with Crippen LogP contribution in [0.1, 0.15) is 12.8 Å². The van der Waals surface area contributed by atoms with Gasteiger partial charge in [-0.05, 0) is 6.42 Å². The molecule has 0 aromatic rings. The minimum absolute atomic E-state index is 0.226. The molecule has 68 valence electrons. The summed E-state index contributed by atoms with van der Waals surface area (Å²) in [5, 5.41) is 11.6. The van der Waals surface area contributed by atoms with Crippen LogP contribution in [0.15, 0.2) is 0 Å².